The fourth-order valence-electron chi connectivity index (χ4n) is 1.89. The second-order valence-electron chi connectivity index (χ2n) is 5.24. The summed E-state index contributed by atoms with van der Waals surface area (Å²) in [6.07, 6.45) is 2.16. The van der Waals surface area contributed by atoms with Crippen molar-refractivity contribution in [2.75, 3.05) is 6.54 Å². The molecule has 0 aliphatic heterocycles. The van der Waals surface area contributed by atoms with Gasteiger partial charge in [0, 0.05) is 30.3 Å². The molecule has 2 rings (SSSR count). The van der Waals surface area contributed by atoms with Gasteiger partial charge in [0.1, 0.15) is 0 Å². The molecular formula is C14H20N2. The van der Waals surface area contributed by atoms with Crippen LogP contribution in [0.4, 0.5) is 0 Å². The molecule has 16 heavy (non-hydrogen) atoms. The Bertz CT molecular complexity index is 463. The molecule has 0 unspecified atom stereocenters. The molecule has 1 aromatic carbocycles. The van der Waals surface area contributed by atoms with Crippen LogP contribution >= 0.6 is 0 Å². The van der Waals surface area contributed by atoms with E-state index in [2.05, 4.69) is 67.2 Å². The predicted molar refractivity (Wildman–Crippen MR) is 69.7 cm³/mol. The summed E-state index contributed by atoms with van der Waals surface area (Å²) in [4.78, 5) is 0. The Labute approximate surface area is 97.3 Å². The average Bonchev–Trinajstić information content (AvgIpc) is 2.60. The monoisotopic (exact) mass is 216 g/mol. The van der Waals surface area contributed by atoms with Crippen LogP contribution in [0.1, 0.15) is 20.8 Å². The molecule has 2 nitrogen and oxygen atoms in total. The van der Waals surface area contributed by atoms with Gasteiger partial charge in [0.05, 0.1) is 0 Å². The maximum absolute atomic E-state index is 3.50. The summed E-state index contributed by atoms with van der Waals surface area (Å²) in [5.74, 6) is 0. The number of fused-ring (bicyclic) bond motifs is 1. The number of benzene rings is 1. The minimum Gasteiger partial charge on any atom is -0.346 e. The molecule has 0 aliphatic carbocycles. The van der Waals surface area contributed by atoms with E-state index in [4.69, 9.17) is 0 Å². The lowest BCUT2D eigenvalue weighted by molar-refractivity contribution is 0.414. The average molecular weight is 216 g/mol. The minimum absolute atomic E-state index is 0.197. The van der Waals surface area contributed by atoms with Gasteiger partial charge in [0.2, 0.25) is 0 Å². The highest BCUT2D eigenvalue weighted by molar-refractivity contribution is 5.79. The van der Waals surface area contributed by atoms with Gasteiger partial charge in [-0.2, -0.15) is 0 Å². The molecule has 2 heteroatoms. The number of nitrogens with zero attached hydrogens (tertiary/aromatic N) is 1. The third-order valence-corrected chi connectivity index (χ3v) is 2.69. The highest BCUT2D eigenvalue weighted by atomic mass is 15.0. The predicted octanol–water partition coefficient (Wildman–Crippen LogP) is 3.03. The topological polar surface area (TPSA) is 17.0 Å². The molecule has 2 aromatic rings. The van der Waals surface area contributed by atoms with Crippen molar-refractivity contribution in [1.29, 1.82) is 0 Å². The van der Waals surface area contributed by atoms with Crippen molar-refractivity contribution in [3.8, 4) is 0 Å². The van der Waals surface area contributed by atoms with Gasteiger partial charge in [0.25, 0.3) is 0 Å². The van der Waals surface area contributed by atoms with Crippen LogP contribution in [0.25, 0.3) is 10.9 Å². The Morgan fingerprint density at radius 3 is 2.62 bits per heavy atom. The van der Waals surface area contributed by atoms with Crippen molar-refractivity contribution in [2.24, 2.45) is 0 Å². The molecule has 0 atom stereocenters. The quantitative estimate of drug-likeness (QED) is 0.834. The highest BCUT2D eigenvalue weighted by Crippen LogP contribution is 2.14. The summed E-state index contributed by atoms with van der Waals surface area (Å²) in [5.41, 5.74) is 1.52. The van der Waals surface area contributed by atoms with Crippen molar-refractivity contribution < 1.29 is 0 Å². The molecule has 86 valence electrons. The van der Waals surface area contributed by atoms with Gasteiger partial charge in [-0.05, 0) is 38.3 Å². The number of aromatic nitrogens is 1. The van der Waals surface area contributed by atoms with E-state index < -0.39 is 0 Å². The standard InChI is InChI=1S/C14H20N2/c1-14(2,3)15-9-11-16-10-8-12-6-4-5-7-13(12)16/h4-8,10,15H,9,11H2,1-3H3. The fourth-order valence-corrected chi connectivity index (χ4v) is 1.89. The molecule has 1 N–H and O–H groups in total. The van der Waals surface area contributed by atoms with Crippen molar-refractivity contribution in [3.05, 3.63) is 36.5 Å². The van der Waals surface area contributed by atoms with Gasteiger partial charge in [-0.25, -0.2) is 0 Å². The summed E-state index contributed by atoms with van der Waals surface area (Å²) in [6, 6.07) is 10.7. The molecule has 0 spiro atoms. The summed E-state index contributed by atoms with van der Waals surface area (Å²) in [7, 11) is 0. The van der Waals surface area contributed by atoms with Crippen molar-refractivity contribution in [1.82, 2.24) is 9.88 Å². The first kappa shape index (κ1) is 11.2. The molecule has 0 amide bonds. The van der Waals surface area contributed by atoms with Crippen LogP contribution < -0.4 is 5.32 Å². The first-order chi connectivity index (χ1) is 7.56. The van der Waals surface area contributed by atoms with E-state index in [9.17, 15) is 0 Å². The second-order valence-corrected chi connectivity index (χ2v) is 5.24. The Kier molecular flexibility index (Phi) is 3.01. The molecule has 0 saturated heterocycles. The minimum atomic E-state index is 0.197. The van der Waals surface area contributed by atoms with Crippen LogP contribution in [0.5, 0.6) is 0 Å². The Morgan fingerprint density at radius 2 is 1.88 bits per heavy atom. The zero-order chi connectivity index (χ0) is 11.6. The molecule has 1 heterocycles. The third kappa shape index (κ3) is 2.64. The SMILES string of the molecule is CC(C)(C)NCCn1ccc2ccccc21. The van der Waals surface area contributed by atoms with Crippen molar-refractivity contribution in [3.63, 3.8) is 0 Å². The number of nitrogens with one attached hydrogen (secondary N) is 1. The van der Waals surface area contributed by atoms with E-state index in [1.807, 2.05) is 0 Å². The maximum Gasteiger partial charge on any atom is 0.0480 e. The second kappa shape index (κ2) is 4.30. The Hall–Kier alpha value is -1.28. The first-order valence-corrected chi connectivity index (χ1v) is 5.85. The van der Waals surface area contributed by atoms with Crippen LogP contribution in [0.15, 0.2) is 36.5 Å². The van der Waals surface area contributed by atoms with Crippen LogP contribution in [-0.2, 0) is 6.54 Å². The van der Waals surface area contributed by atoms with Gasteiger partial charge in [-0.3, -0.25) is 0 Å². The van der Waals surface area contributed by atoms with Crippen molar-refractivity contribution in [2.45, 2.75) is 32.9 Å². The molecule has 0 aliphatic rings. The number of rotatable bonds is 3. The van der Waals surface area contributed by atoms with E-state index in [1.54, 1.807) is 0 Å². The van der Waals surface area contributed by atoms with E-state index >= 15 is 0 Å². The van der Waals surface area contributed by atoms with E-state index in [-0.39, 0.29) is 5.54 Å². The Balaban J connectivity index is 2.05. The van der Waals surface area contributed by atoms with Crippen molar-refractivity contribution >= 4 is 10.9 Å². The van der Waals surface area contributed by atoms with Gasteiger partial charge in [-0.15, -0.1) is 0 Å². The lowest BCUT2D eigenvalue weighted by Crippen LogP contribution is -2.37. The Morgan fingerprint density at radius 1 is 1.12 bits per heavy atom. The van der Waals surface area contributed by atoms with Crippen LogP contribution in [0, 0.1) is 0 Å². The fraction of sp³-hybridized carbons (Fsp3) is 0.429. The lowest BCUT2D eigenvalue weighted by Gasteiger charge is -2.20. The normalized spacial score (nSPS) is 12.2. The molecule has 0 fully saturated rings. The summed E-state index contributed by atoms with van der Waals surface area (Å²) >= 11 is 0. The summed E-state index contributed by atoms with van der Waals surface area (Å²) in [6.45, 7) is 8.61. The van der Waals surface area contributed by atoms with E-state index in [1.165, 1.54) is 10.9 Å². The summed E-state index contributed by atoms with van der Waals surface area (Å²) in [5, 5.41) is 4.82. The number of hydrogen-bond donors (Lipinski definition) is 1. The largest absolute Gasteiger partial charge is 0.346 e. The smallest absolute Gasteiger partial charge is 0.0480 e. The van der Waals surface area contributed by atoms with Crippen LogP contribution in [0.3, 0.4) is 0 Å². The number of para-hydroxylation sites is 1. The molecule has 0 radical (unpaired) electrons. The van der Waals surface area contributed by atoms with Crippen LogP contribution in [0.2, 0.25) is 0 Å². The molecule has 1 aromatic heterocycles. The van der Waals surface area contributed by atoms with Crippen LogP contribution in [-0.4, -0.2) is 16.7 Å². The molecule has 0 saturated carbocycles. The third-order valence-electron chi connectivity index (χ3n) is 2.69. The van der Waals surface area contributed by atoms with Gasteiger partial charge in [0.15, 0.2) is 0 Å². The van der Waals surface area contributed by atoms with E-state index in [0.29, 0.717) is 0 Å². The van der Waals surface area contributed by atoms with Gasteiger partial charge in [-0.1, -0.05) is 18.2 Å². The zero-order valence-electron chi connectivity index (χ0n) is 10.3. The number of hydrogen-bond acceptors (Lipinski definition) is 1. The first-order valence-electron chi connectivity index (χ1n) is 5.85. The summed E-state index contributed by atoms with van der Waals surface area (Å²) < 4.78 is 2.30. The van der Waals surface area contributed by atoms with Gasteiger partial charge >= 0.3 is 0 Å². The molecule has 0 bridgehead atoms. The maximum atomic E-state index is 3.50. The zero-order valence-corrected chi connectivity index (χ0v) is 10.3. The lowest BCUT2D eigenvalue weighted by atomic mass is 10.1. The molecular weight excluding hydrogens is 196 g/mol. The van der Waals surface area contributed by atoms with Gasteiger partial charge < -0.3 is 9.88 Å². The highest BCUT2D eigenvalue weighted by Gasteiger charge is 2.07. The van der Waals surface area contributed by atoms with E-state index in [0.717, 1.165) is 13.1 Å².